The molecule has 0 bridgehead atoms. The molecule has 0 saturated carbocycles. The quantitative estimate of drug-likeness (QED) is 0.741. The highest BCUT2D eigenvalue weighted by molar-refractivity contribution is 6.09. The molecule has 2 aliphatic heterocycles. The highest BCUT2D eigenvalue weighted by atomic mass is 16.6. The van der Waals surface area contributed by atoms with Gasteiger partial charge < -0.3 is 14.6 Å². The summed E-state index contributed by atoms with van der Waals surface area (Å²) in [6.07, 6.45) is -0.484. The van der Waals surface area contributed by atoms with Crippen molar-refractivity contribution in [1.29, 1.82) is 0 Å². The Kier molecular flexibility index (Phi) is 4.03. The van der Waals surface area contributed by atoms with Gasteiger partial charge in [-0.2, -0.15) is 0 Å². The number of nitrogens with zero attached hydrogens (tertiary/aromatic N) is 1. The van der Waals surface area contributed by atoms with Gasteiger partial charge in [0.25, 0.3) is 0 Å². The van der Waals surface area contributed by atoms with E-state index < -0.39 is 18.4 Å². The molecular weight excluding hydrogens is 250 g/mol. The fraction of sp³-hybridized carbons (Fsp3) is 0.692. The van der Waals surface area contributed by atoms with Gasteiger partial charge in [-0.1, -0.05) is 6.92 Å². The monoisotopic (exact) mass is 269 g/mol. The lowest BCUT2D eigenvalue weighted by molar-refractivity contribution is -0.149. The van der Waals surface area contributed by atoms with E-state index in [1.54, 1.807) is 6.92 Å². The number of carbonyl (C=O) groups is 2. The Balaban J connectivity index is 2.25. The van der Waals surface area contributed by atoms with Crippen molar-refractivity contribution in [2.45, 2.75) is 51.2 Å². The molecule has 2 heterocycles. The van der Waals surface area contributed by atoms with Gasteiger partial charge in [-0.3, -0.25) is 14.5 Å². The van der Waals surface area contributed by atoms with Crippen LogP contribution in [0.15, 0.2) is 11.8 Å². The molecule has 0 radical (unpaired) electrons. The van der Waals surface area contributed by atoms with E-state index in [0.29, 0.717) is 12.0 Å². The standard InChI is InChI=1S/C13H19NO5/c1-4-9-11(17)12(18-3)13(19-9)14-6-7(2)8(15)5-10(14)16/h6,9,11-13,17H,4-5H2,1-3H3/t9-,11-,12-,13-/m1/s1. The van der Waals surface area contributed by atoms with Gasteiger partial charge in [0, 0.05) is 18.9 Å². The third-order valence-electron chi connectivity index (χ3n) is 3.63. The number of ether oxygens (including phenoxy) is 2. The van der Waals surface area contributed by atoms with Crippen LogP contribution >= 0.6 is 0 Å². The second kappa shape index (κ2) is 5.40. The molecule has 4 atom stereocenters. The second-order valence-electron chi connectivity index (χ2n) is 4.88. The van der Waals surface area contributed by atoms with Crippen LogP contribution in [0.3, 0.4) is 0 Å². The summed E-state index contributed by atoms with van der Waals surface area (Å²) in [5, 5.41) is 10.1. The third kappa shape index (κ3) is 2.43. The molecule has 0 aromatic rings. The minimum Gasteiger partial charge on any atom is -0.388 e. The zero-order valence-corrected chi connectivity index (χ0v) is 11.3. The Hall–Kier alpha value is -1.24. The Morgan fingerprint density at radius 3 is 2.79 bits per heavy atom. The number of allylic oxidation sites excluding steroid dienone is 1. The van der Waals surface area contributed by atoms with Crippen LogP contribution in [-0.4, -0.2) is 53.3 Å². The number of hydrogen-bond donors (Lipinski definition) is 1. The van der Waals surface area contributed by atoms with E-state index in [1.165, 1.54) is 18.2 Å². The van der Waals surface area contributed by atoms with E-state index in [-0.39, 0.29) is 24.2 Å². The summed E-state index contributed by atoms with van der Waals surface area (Å²) >= 11 is 0. The number of aliphatic hydroxyl groups excluding tert-OH is 1. The largest absolute Gasteiger partial charge is 0.388 e. The molecule has 0 aromatic heterocycles. The predicted molar refractivity (Wildman–Crippen MR) is 66.0 cm³/mol. The van der Waals surface area contributed by atoms with E-state index in [1.807, 2.05) is 6.92 Å². The van der Waals surface area contributed by atoms with E-state index >= 15 is 0 Å². The molecule has 19 heavy (non-hydrogen) atoms. The minimum atomic E-state index is -0.779. The summed E-state index contributed by atoms with van der Waals surface area (Å²) in [7, 11) is 1.47. The van der Waals surface area contributed by atoms with Crippen molar-refractivity contribution >= 4 is 11.7 Å². The molecule has 0 aliphatic carbocycles. The normalized spacial score (nSPS) is 35.8. The zero-order chi connectivity index (χ0) is 14.2. The zero-order valence-electron chi connectivity index (χ0n) is 11.3. The van der Waals surface area contributed by atoms with E-state index in [9.17, 15) is 14.7 Å². The molecule has 6 heteroatoms. The molecule has 0 spiro atoms. The Labute approximate surface area is 112 Å². The first-order valence-corrected chi connectivity index (χ1v) is 6.38. The van der Waals surface area contributed by atoms with Crippen molar-refractivity contribution in [3.05, 3.63) is 11.8 Å². The second-order valence-corrected chi connectivity index (χ2v) is 4.88. The molecule has 1 amide bonds. The maximum atomic E-state index is 11.9. The number of rotatable bonds is 3. The van der Waals surface area contributed by atoms with Crippen molar-refractivity contribution in [3.63, 3.8) is 0 Å². The SMILES string of the molecule is CC[C@H]1O[C@@H](N2C=C(C)C(=O)CC2=O)[C@H](OC)[C@@H]1O. The van der Waals surface area contributed by atoms with E-state index in [0.717, 1.165) is 0 Å². The lowest BCUT2D eigenvalue weighted by atomic mass is 10.0. The Morgan fingerprint density at radius 1 is 1.53 bits per heavy atom. The predicted octanol–water partition coefficient (Wildman–Crippen LogP) is 0.202. The molecule has 1 N–H and O–H groups in total. The van der Waals surface area contributed by atoms with Gasteiger partial charge in [0.1, 0.15) is 12.2 Å². The smallest absolute Gasteiger partial charge is 0.236 e. The lowest BCUT2D eigenvalue weighted by Gasteiger charge is -2.31. The first-order valence-electron chi connectivity index (χ1n) is 6.38. The van der Waals surface area contributed by atoms with Gasteiger partial charge in [-0.05, 0) is 13.3 Å². The molecule has 1 fully saturated rings. The fourth-order valence-electron chi connectivity index (χ4n) is 2.47. The molecule has 106 valence electrons. The first kappa shape index (κ1) is 14.2. The van der Waals surface area contributed by atoms with Crippen LogP contribution in [0.1, 0.15) is 26.7 Å². The minimum absolute atomic E-state index is 0.161. The van der Waals surface area contributed by atoms with Crippen molar-refractivity contribution in [3.8, 4) is 0 Å². The summed E-state index contributed by atoms with van der Waals surface area (Å²) in [5.74, 6) is -0.507. The van der Waals surface area contributed by atoms with Crippen molar-refractivity contribution < 1.29 is 24.2 Å². The van der Waals surface area contributed by atoms with Crippen LogP contribution in [0.2, 0.25) is 0 Å². The molecule has 0 aromatic carbocycles. The first-order chi connectivity index (χ1) is 8.99. The number of Topliss-reactive ketones (excluding diaryl/α,β-unsaturated/α-hetero) is 1. The van der Waals surface area contributed by atoms with Gasteiger partial charge in [0.2, 0.25) is 5.91 Å². The molecule has 6 nitrogen and oxygen atoms in total. The average Bonchev–Trinajstić information content (AvgIpc) is 2.70. The van der Waals surface area contributed by atoms with Crippen LogP contribution in [0.25, 0.3) is 0 Å². The van der Waals surface area contributed by atoms with Crippen LogP contribution < -0.4 is 0 Å². The van der Waals surface area contributed by atoms with E-state index in [2.05, 4.69) is 0 Å². The number of ketones is 1. The lowest BCUT2D eigenvalue weighted by Crippen LogP contribution is -2.47. The summed E-state index contributed by atoms with van der Waals surface area (Å²) < 4.78 is 10.9. The molecular formula is C13H19NO5. The van der Waals surface area contributed by atoms with E-state index in [4.69, 9.17) is 9.47 Å². The van der Waals surface area contributed by atoms with Crippen LogP contribution in [0.5, 0.6) is 0 Å². The fourth-order valence-corrected chi connectivity index (χ4v) is 2.47. The Bertz CT molecular complexity index is 419. The molecule has 1 saturated heterocycles. The van der Waals surface area contributed by atoms with Crippen LogP contribution in [0, 0.1) is 0 Å². The highest BCUT2D eigenvalue weighted by Gasteiger charge is 2.47. The molecule has 2 aliphatic rings. The maximum absolute atomic E-state index is 11.9. The average molecular weight is 269 g/mol. The van der Waals surface area contributed by atoms with Crippen molar-refractivity contribution in [2.24, 2.45) is 0 Å². The number of carbonyl (C=O) groups excluding carboxylic acids is 2. The number of hydrogen-bond acceptors (Lipinski definition) is 5. The maximum Gasteiger partial charge on any atom is 0.236 e. The van der Waals surface area contributed by atoms with Gasteiger partial charge >= 0.3 is 0 Å². The molecule has 2 rings (SSSR count). The number of amides is 1. The van der Waals surface area contributed by atoms with Crippen molar-refractivity contribution in [1.82, 2.24) is 4.90 Å². The van der Waals surface area contributed by atoms with Crippen LogP contribution in [0.4, 0.5) is 0 Å². The van der Waals surface area contributed by atoms with Crippen molar-refractivity contribution in [2.75, 3.05) is 7.11 Å². The number of aliphatic hydroxyl groups is 1. The third-order valence-corrected chi connectivity index (χ3v) is 3.63. The summed E-state index contributed by atoms with van der Waals surface area (Å²) in [4.78, 5) is 24.8. The molecule has 0 unspecified atom stereocenters. The van der Waals surface area contributed by atoms with Gasteiger partial charge in [-0.15, -0.1) is 0 Å². The summed E-state index contributed by atoms with van der Waals surface area (Å²) in [6.45, 7) is 3.55. The van der Waals surface area contributed by atoms with Gasteiger partial charge in [0.15, 0.2) is 12.0 Å². The summed E-state index contributed by atoms with van der Waals surface area (Å²) in [5.41, 5.74) is 0.507. The summed E-state index contributed by atoms with van der Waals surface area (Å²) in [6, 6.07) is 0. The topological polar surface area (TPSA) is 76.1 Å². The highest BCUT2D eigenvalue weighted by Crippen LogP contribution is 2.30. The number of methoxy groups -OCH3 is 1. The van der Waals surface area contributed by atoms with Gasteiger partial charge in [0.05, 0.1) is 12.5 Å². The van der Waals surface area contributed by atoms with Crippen LogP contribution in [-0.2, 0) is 19.1 Å². The van der Waals surface area contributed by atoms with Gasteiger partial charge in [-0.25, -0.2) is 0 Å². The Morgan fingerprint density at radius 2 is 2.21 bits per heavy atom.